The van der Waals surface area contributed by atoms with Crippen molar-refractivity contribution in [3.8, 4) is 0 Å². The molecule has 0 amide bonds. The highest BCUT2D eigenvalue weighted by Gasteiger charge is 2.20. The molecule has 1 atom stereocenters. The van der Waals surface area contributed by atoms with Crippen molar-refractivity contribution in [3.63, 3.8) is 0 Å². The standard InChI is InChI=1S/C20H40N2O4/c1-4-5-6-7-8-9-10-11-12-13-14-18(21(2)3)15-22(16-19(23)24)17-20(25)26/h18H,4-17H2,1-3H3,(H,23,24)(H,25,26). The topological polar surface area (TPSA) is 81.1 Å². The highest BCUT2D eigenvalue weighted by Crippen LogP contribution is 2.14. The van der Waals surface area contributed by atoms with Gasteiger partial charge < -0.3 is 15.1 Å². The summed E-state index contributed by atoms with van der Waals surface area (Å²) in [6, 6.07) is 0.183. The van der Waals surface area contributed by atoms with Crippen LogP contribution in [0.5, 0.6) is 0 Å². The molecule has 154 valence electrons. The maximum atomic E-state index is 10.9. The number of carbonyl (C=O) groups is 2. The van der Waals surface area contributed by atoms with E-state index in [2.05, 4.69) is 11.8 Å². The van der Waals surface area contributed by atoms with Crippen LogP contribution in [0.2, 0.25) is 0 Å². The molecule has 0 fully saturated rings. The Morgan fingerprint density at radius 3 is 1.58 bits per heavy atom. The first-order valence-electron chi connectivity index (χ1n) is 10.2. The van der Waals surface area contributed by atoms with Crippen molar-refractivity contribution in [2.45, 2.75) is 83.6 Å². The minimum Gasteiger partial charge on any atom is -0.480 e. The van der Waals surface area contributed by atoms with Crippen molar-refractivity contribution < 1.29 is 19.8 Å². The summed E-state index contributed by atoms with van der Waals surface area (Å²) >= 11 is 0. The minimum atomic E-state index is -0.984. The van der Waals surface area contributed by atoms with Crippen molar-refractivity contribution in [1.29, 1.82) is 0 Å². The van der Waals surface area contributed by atoms with Crippen LogP contribution in [0, 0.1) is 0 Å². The largest absolute Gasteiger partial charge is 0.480 e. The molecule has 0 aliphatic carbocycles. The number of hydrogen-bond acceptors (Lipinski definition) is 4. The summed E-state index contributed by atoms with van der Waals surface area (Å²) in [6.45, 7) is 2.26. The summed E-state index contributed by atoms with van der Waals surface area (Å²) in [5.41, 5.74) is 0. The lowest BCUT2D eigenvalue weighted by molar-refractivity contribution is -0.142. The molecule has 0 aromatic heterocycles. The second-order valence-corrected chi connectivity index (χ2v) is 7.55. The Hall–Kier alpha value is -1.14. The van der Waals surface area contributed by atoms with E-state index < -0.39 is 11.9 Å². The molecule has 1 unspecified atom stereocenters. The summed E-state index contributed by atoms with van der Waals surface area (Å²) in [6.07, 6.45) is 13.9. The van der Waals surface area contributed by atoms with Crippen LogP contribution in [-0.2, 0) is 9.59 Å². The van der Waals surface area contributed by atoms with E-state index in [9.17, 15) is 9.59 Å². The molecule has 0 aromatic carbocycles. The Morgan fingerprint density at radius 1 is 0.769 bits per heavy atom. The van der Waals surface area contributed by atoms with Crippen LogP contribution < -0.4 is 0 Å². The van der Waals surface area contributed by atoms with Gasteiger partial charge in [-0.1, -0.05) is 71.1 Å². The quantitative estimate of drug-likeness (QED) is 0.357. The molecule has 0 heterocycles. The third-order valence-corrected chi connectivity index (χ3v) is 4.81. The van der Waals surface area contributed by atoms with Gasteiger partial charge in [-0.2, -0.15) is 0 Å². The van der Waals surface area contributed by atoms with Crippen molar-refractivity contribution in [2.24, 2.45) is 0 Å². The minimum absolute atomic E-state index is 0.183. The van der Waals surface area contributed by atoms with E-state index >= 15 is 0 Å². The molecule has 0 saturated heterocycles. The van der Waals surface area contributed by atoms with Gasteiger partial charge in [0.1, 0.15) is 0 Å². The van der Waals surface area contributed by atoms with Gasteiger partial charge in [0.05, 0.1) is 13.1 Å². The smallest absolute Gasteiger partial charge is 0.317 e. The lowest BCUT2D eigenvalue weighted by Gasteiger charge is -2.29. The van der Waals surface area contributed by atoms with Gasteiger partial charge in [0, 0.05) is 12.6 Å². The van der Waals surface area contributed by atoms with Crippen LogP contribution in [0.3, 0.4) is 0 Å². The van der Waals surface area contributed by atoms with Crippen LogP contribution >= 0.6 is 0 Å². The van der Waals surface area contributed by atoms with E-state index in [0.29, 0.717) is 6.54 Å². The molecule has 0 aliphatic heterocycles. The molecule has 0 aromatic rings. The van der Waals surface area contributed by atoms with Gasteiger partial charge >= 0.3 is 11.9 Å². The van der Waals surface area contributed by atoms with E-state index in [4.69, 9.17) is 10.2 Å². The van der Waals surface area contributed by atoms with E-state index in [1.807, 2.05) is 14.1 Å². The zero-order valence-electron chi connectivity index (χ0n) is 17.1. The second kappa shape index (κ2) is 16.1. The zero-order chi connectivity index (χ0) is 19.8. The molecule has 2 N–H and O–H groups in total. The molecule has 6 nitrogen and oxygen atoms in total. The third-order valence-electron chi connectivity index (χ3n) is 4.81. The fraction of sp³-hybridized carbons (Fsp3) is 0.900. The molecule has 0 saturated carbocycles. The Balaban J connectivity index is 4.00. The first kappa shape index (κ1) is 24.9. The van der Waals surface area contributed by atoms with Gasteiger partial charge in [-0.25, -0.2) is 0 Å². The monoisotopic (exact) mass is 372 g/mol. The number of hydrogen-bond donors (Lipinski definition) is 2. The lowest BCUT2D eigenvalue weighted by Crippen LogP contribution is -2.44. The highest BCUT2D eigenvalue weighted by atomic mass is 16.4. The van der Waals surface area contributed by atoms with Crippen molar-refractivity contribution in [1.82, 2.24) is 9.80 Å². The van der Waals surface area contributed by atoms with Gasteiger partial charge in [0.25, 0.3) is 0 Å². The van der Waals surface area contributed by atoms with Gasteiger partial charge in [-0.15, -0.1) is 0 Å². The number of aliphatic carboxylic acids is 2. The highest BCUT2D eigenvalue weighted by molar-refractivity contribution is 5.72. The zero-order valence-corrected chi connectivity index (χ0v) is 17.1. The molecular weight excluding hydrogens is 332 g/mol. The number of rotatable bonds is 18. The molecule has 0 bridgehead atoms. The van der Waals surface area contributed by atoms with Crippen molar-refractivity contribution >= 4 is 11.9 Å². The van der Waals surface area contributed by atoms with E-state index in [0.717, 1.165) is 12.8 Å². The van der Waals surface area contributed by atoms with Gasteiger partial charge in [-0.3, -0.25) is 14.5 Å². The summed E-state index contributed by atoms with van der Waals surface area (Å²) in [5.74, 6) is -1.97. The van der Waals surface area contributed by atoms with E-state index in [1.54, 1.807) is 0 Å². The van der Waals surface area contributed by atoms with Crippen LogP contribution in [-0.4, -0.2) is 71.7 Å². The molecule has 6 heteroatoms. The average molecular weight is 373 g/mol. The van der Waals surface area contributed by atoms with Crippen LogP contribution in [0.1, 0.15) is 77.6 Å². The van der Waals surface area contributed by atoms with Crippen LogP contribution in [0.4, 0.5) is 0 Å². The first-order chi connectivity index (χ1) is 12.4. The number of likely N-dealkylation sites (N-methyl/N-ethyl adjacent to an activating group) is 1. The van der Waals surface area contributed by atoms with Crippen molar-refractivity contribution in [3.05, 3.63) is 0 Å². The summed E-state index contributed by atoms with van der Waals surface area (Å²) in [4.78, 5) is 25.5. The maximum absolute atomic E-state index is 10.9. The molecule has 0 rings (SSSR count). The number of nitrogens with zero attached hydrogens (tertiary/aromatic N) is 2. The van der Waals surface area contributed by atoms with Gasteiger partial charge in [0.2, 0.25) is 0 Å². The average Bonchev–Trinajstić information content (AvgIpc) is 2.54. The third kappa shape index (κ3) is 15.1. The number of carboxylic acids is 2. The SMILES string of the molecule is CCCCCCCCCCCCC(CN(CC(=O)O)CC(=O)O)N(C)C. The normalized spacial score (nSPS) is 12.7. The van der Waals surface area contributed by atoms with Gasteiger partial charge in [-0.05, 0) is 20.5 Å². The lowest BCUT2D eigenvalue weighted by atomic mass is 10.0. The van der Waals surface area contributed by atoms with E-state index in [1.165, 1.54) is 62.7 Å². The van der Waals surface area contributed by atoms with Crippen LogP contribution in [0.15, 0.2) is 0 Å². The Bertz CT molecular complexity index is 359. The maximum Gasteiger partial charge on any atom is 0.317 e. The van der Waals surface area contributed by atoms with E-state index in [-0.39, 0.29) is 19.1 Å². The second-order valence-electron chi connectivity index (χ2n) is 7.55. The molecule has 0 radical (unpaired) electrons. The summed E-state index contributed by atoms with van der Waals surface area (Å²) in [7, 11) is 3.95. The molecule has 0 spiro atoms. The molecule has 26 heavy (non-hydrogen) atoms. The van der Waals surface area contributed by atoms with Crippen molar-refractivity contribution in [2.75, 3.05) is 33.7 Å². The predicted octanol–water partition coefficient (Wildman–Crippen LogP) is 3.70. The molecular formula is C20H40N2O4. The predicted molar refractivity (Wildman–Crippen MR) is 106 cm³/mol. The fourth-order valence-electron chi connectivity index (χ4n) is 3.25. The van der Waals surface area contributed by atoms with Gasteiger partial charge in [0.15, 0.2) is 0 Å². The van der Waals surface area contributed by atoms with Crippen LogP contribution in [0.25, 0.3) is 0 Å². The fourth-order valence-corrected chi connectivity index (χ4v) is 3.25. The first-order valence-corrected chi connectivity index (χ1v) is 10.2. The summed E-state index contributed by atoms with van der Waals surface area (Å²) in [5, 5.41) is 17.9. The molecule has 0 aliphatic rings. The number of unbranched alkanes of at least 4 members (excludes halogenated alkanes) is 9. The Labute approximate surface area is 159 Å². The Kier molecular flexibility index (Phi) is 15.4. The summed E-state index contributed by atoms with van der Waals surface area (Å²) < 4.78 is 0. The number of carboxylic acid groups (broad SMARTS) is 2. The Morgan fingerprint density at radius 2 is 1.19 bits per heavy atom.